The first-order valence-corrected chi connectivity index (χ1v) is 8.03. The summed E-state index contributed by atoms with van der Waals surface area (Å²) in [6.45, 7) is 0. The summed E-state index contributed by atoms with van der Waals surface area (Å²) in [5.74, 6) is 0. The Bertz CT molecular complexity index is 615. The van der Waals surface area contributed by atoms with Crippen LogP contribution >= 0.6 is 22.2 Å². The van der Waals surface area contributed by atoms with Crippen molar-refractivity contribution in [2.45, 2.75) is 4.90 Å². The van der Waals surface area contributed by atoms with Crippen molar-refractivity contribution >= 4 is 33.6 Å². The molecule has 0 aliphatic carbocycles. The molecule has 1 aliphatic rings. The molecule has 1 aliphatic heterocycles. The molecule has 0 bridgehead atoms. The second-order valence-corrected chi connectivity index (χ2v) is 6.77. The van der Waals surface area contributed by atoms with Gasteiger partial charge in [0, 0.05) is 21.8 Å². The Morgan fingerprint density at radius 3 is 2.44 bits per heavy atom. The molecule has 1 aromatic heterocycles. The van der Waals surface area contributed by atoms with Crippen LogP contribution in [0.1, 0.15) is 0 Å². The van der Waals surface area contributed by atoms with Crippen LogP contribution in [-0.4, -0.2) is 0 Å². The Morgan fingerprint density at radius 2 is 1.78 bits per heavy atom. The Morgan fingerprint density at radius 1 is 1.00 bits per heavy atom. The second-order valence-electron chi connectivity index (χ2n) is 4.10. The fraction of sp³-hybridized carbons (Fsp3) is 0. The molecule has 0 saturated carbocycles. The van der Waals surface area contributed by atoms with Crippen molar-refractivity contribution in [3.05, 3.63) is 51.9 Å². The van der Waals surface area contributed by atoms with E-state index in [1.165, 1.54) is 0 Å². The molecule has 18 heavy (non-hydrogen) atoms. The van der Waals surface area contributed by atoms with Crippen molar-refractivity contribution in [3.63, 3.8) is 0 Å². The monoisotopic (exact) mass is 274 g/mol. The Labute approximate surface area is 113 Å². The number of benzene rings is 1. The first-order chi connectivity index (χ1) is 8.75. The highest BCUT2D eigenvalue weighted by molar-refractivity contribution is 8.22. The number of nitrogen functional groups attached to an aromatic ring is 2. The predicted octanol–water partition coefficient (Wildman–Crippen LogP) is 3.98. The summed E-state index contributed by atoms with van der Waals surface area (Å²) >= 11 is 1.66. The first kappa shape index (κ1) is 11.4. The molecule has 4 heteroatoms. The topological polar surface area (TPSA) is 52.0 Å². The molecular weight excluding hydrogens is 260 g/mol. The third-order valence-corrected chi connectivity index (χ3v) is 5.53. The third-order valence-electron chi connectivity index (χ3n) is 2.91. The van der Waals surface area contributed by atoms with Gasteiger partial charge in [-0.3, -0.25) is 0 Å². The van der Waals surface area contributed by atoms with Crippen molar-refractivity contribution in [3.8, 4) is 11.1 Å². The van der Waals surface area contributed by atoms with Crippen LogP contribution in [-0.2, 0) is 0 Å². The minimum Gasteiger partial charge on any atom is -0.398 e. The Kier molecular flexibility index (Phi) is 2.89. The van der Waals surface area contributed by atoms with Gasteiger partial charge in [0.15, 0.2) is 0 Å². The van der Waals surface area contributed by atoms with E-state index in [0.29, 0.717) is 0 Å². The van der Waals surface area contributed by atoms with Gasteiger partial charge in [0.05, 0.1) is 0 Å². The molecule has 4 N–H and O–H groups in total. The molecule has 1 aromatic carbocycles. The van der Waals surface area contributed by atoms with Crippen LogP contribution in [0.2, 0.25) is 0 Å². The molecule has 0 amide bonds. The van der Waals surface area contributed by atoms with Crippen molar-refractivity contribution < 1.29 is 0 Å². The number of nitrogens with two attached hydrogens (primary N) is 2. The summed E-state index contributed by atoms with van der Waals surface area (Å²) in [7, 11) is -0.411. The van der Waals surface area contributed by atoms with Crippen LogP contribution in [0.3, 0.4) is 0 Å². The van der Waals surface area contributed by atoms with E-state index in [-0.39, 0.29) is 0 Å². The lowest BCUT2D eigenvalue weighted by molar-refractivity contribution is 1.46. The minimum absolute atomic E-state index is 0.411. The van der Waals surface area contributed by atoms with E-state index in [1.54, 1.807) is 11.3 Å². The van der Waals surface area contributed by atoms with Gasteiger partial charge < -0.3 is 11.5 Å². The normalized spacial score (nSPS) is 15.4. The van der Waals surface area contributed by atoms with Crippen LogP contribution in [0.15, 0.2) is 56.8 Å². The van der Waals surface area contributed by atoms with E-state index in [2.05, 4.69) is 34.4 Å². The maximum absolute atomic E-state index is 6.17. The molecule has 0 unspecified atom stereocenters. The number of rotatable bonds is 2. The van der Waals surface area contributed by atoms with E-state index in [1.807, 2.05) is 17.5 Å². The molecule has 92 valence electrons. The van der Waals surface area contributed by atoms with E-state index < -0.39 is 10.9 Å². The molecule has 3 rings (SSSR count). The molecule has 0 fully saturated rings. The quantitative estimate of drug-likeness (QED) is 0.573. The number of allylic oxidation sites excluding steroid dienone is 2. The van der Waals surface area contributed by atoms with E-state index in [0.717, 1.165) is 27.4 Å². The number of hydrogen-bond donors (Lipinski definition) is 3. The van der Waals surface area contributed by atoms with E-state index >= 15 is 0 Å². The molecule has 2 aromatic rings. The van der Waals surface area contributed by atoms with Crippen molar-refractivity contribution in [2.24, 2.45) is 0 Å². The van der Waals surface area contributed by atoms with Crippen molar-refractivity contribution in [1.82, 2.24) is 0 Å². The molecule has 2 nitrogen and oxygen atoms in total. The largest absolute Gasteiger partial charge is 0.398 e. The summed E-state index contributed by atoms with van der Waals surface area (Å²) in [6.07, 6.45) is 4.13. The predicted molar refractivity (Wildman–Crippen MR) is 84.1 cm³/mol. The van der Waals surface area contributed by atoms with Crippen molar-refractivity contribution in [2.75, 3.05) is 11.5 Å². The van der Waals surface area contributed by atoms with Gasteiger partial charge in [-0.25, -0.2) is 0 Å². The summed E-state index contributed by atoms with van der Waals surface area (Å²) in [5.41, 5.74) is 16.1. The molecular formula is C14H14N2S2. The Hall–Kier alpha value is -1.65. The average molecular weight is 274 g/mol. The highest BCUT2D eigenvalue weighted by Gasteiger charge is 2.12. The van der Waals surface area contributed by atoms with Gasteiger partial charge in [-0.05, 0) is 45.3 Å². The van der Waals surface area contributed by atoms with E-state index in [4.69, 9.17) is 11.5 Å². The molecule has 0 saturated heterocycles. The standard InChI is InChI=1S/C14H14N2S2/c15-12-8-14(18-5-1-2-6-18)13(16)7-11(12)10-3-4-17-9-10/h1-9,18H,15-16H2. The van der Waals surface area contributed by atoms with Gasteiger partial charge in [0.1, 0.15) is 0 Å². The summed E-state index contributed by atoms with van der Waals surface area (Å²) < 4.78 is 0. The summed E-state index contributed by atoms with van der Waals surface area (Å²) in [5, 5.41) is 8.51. The van der Waals surface area contributed by atoms with Gasteiger partial charge in [-0.2, -0.15) is 22.2 Å². The smallest absolute Gasteiger partial charge is 0.0448 e. The average Bonchev–Trinajstić information content (AvgIpc) is 3.02. The zero-order chi connectivity index (χ0) is 12.5. The summed E-state index contributed by atoms with van der Waals surface area (Å²) in [4.78, 5) is 1.14. The lowest BCUT2D eigenvalue weighted by Crippen LogP contribution is -1.96. The zero-order valence-corrected chi connectivity index (χ0v) is 11.4. The highest BCUT2D eigenvalue weighted by atomic mass is 32.2. The lowest BCUT2D eigenvalue weighted by atomic mass is 10.1. The van der Waals surface area contributed by atoms with Crippen LogP contribution in [0.25, 0.3) is 11.1 Å². The van der Waals surface area contributed by atoms with Crippen LogP contribution in [0.5, 0.6) is 0 Å². The van der Waals surface area contributed by atoms with Crippen LogP contribution in [0.4, 0.5) is 11.4 Å². The number of thiophene rings is 1. The van der Waals surface area contributed by atoms with Gasteiger partial charge in [-0.1, -0.05) is 12.2 Å². The zero-order valence-electron chi connectivity index (χ0n) is 9.71. The fourth-order valence-electron chi connectivity index (χ4n) is 2.01. The first-order valence-electron chi connectivity index (χ1n) is 5.60. The fourth-order valence-corrected chi connectivity index (χ4v) is 4.30. The minimum atomic E-state index is -0.411. The molecule has 0 atom stereocenters. The second kappa shape index (κ2) is 4.55. The maximum Gasteiger partial charge on any atom is 0.0448 e. The van der Waals surface area contributed by atoms with Gasteiger partial charge in [0.2, 0.25) is 0 Å². The maximum atomic E-state index is 6.17. The number of hydrogen-bond acceptors (Lipinski definition) is 3. The van der Waals surface area contributed by atoms with Gasteiger partial charge in [0.25, 0.3) is 0 Å². The molecule has 2 heterocycles. The van der Waals surface area contributed by atoms with Gasteiger partial charge in [-0.15, -0.1) is 0 Å². The number of anilines is 2. The van der Waals surface area contributed by atoms with E-state index in [9.17, 15) is 0 Å². The van der Waals surface area contributed by atoms with Crippen LogP contribution in [0, 0.1) is 0 Å². The van der Waals surface area contributed by atoms with Crippen LogP contribution < -0.4 is 11.5 Å². The third kappa shape index (κ3) is 1.94. The SMILES string of the molecule is Nc1cc([SH]2C=CC=C2)c(N)cc1-c1ccsc1. The van der Waals surface area contributed by atoms with Crippen molar-refractivity contribution in [1.29, 1.82) is 0 Å². The molecule has 0 radical (unpaired) electrons. The summed E-state index contributed by atoms with van der Waals surface area (Å²) in [6, 6.07) is 6.08. The highest BCUT2D eigenvalue weighted by Crippen LogP contribution is 2.47. The Balaban J connectivity index is 2.08. The lowest BCUT2D eigenvalue weighted by Gasteiger charge is -2.16. The number of thiol groups is 1. The molecule has 0 spiro atoms. The van der Waals surface area contributed by atoms with Gasteiger partial charge >= 0.3 is 0 Å².